The Hall–Kier alpha value is -2.00. The molecule has 0 aromatic heterocycles. The highest BCUT2D eigenvalue weighted by molar-refractivity contribution is 5.49. The van der Waals surface area contributed by atoms with Crippen LogP contribution in [-0.2, 0) is 0 Å². The first-order chi connectivity index (χ1) is 14.1. The molecule has 0 radical (unpaired) electrons. The summed E-state index contributed by atoms with van der Waals surface area (Å²) >= 11 is 0. The highest BCUT2D eigenvalue weighted by Crippen LogP contribution is 2.35. The van der Waals surface area contributed by atoms with E-state index in [9.17, 15) is 0 Å². The molecule has 1 unspecified atom stereocenters. The zero-order valence-electron chi connectivity index (χ0n) is 21.1. The molecule has 1 aromatic rings. The fourth-order valence-electron chi connectivity index (χ4n) is 3.69. The van der Waals surface area contributed by atoms with Crippen molar-refractivity contribution >= 4 is 5.69 Å². The van der Waals surface area contributed by atoms with Crippen LogP contribution in [-0.4, -0.2) is 51.1 Å². The van der Waals surface area contributed by atoms with Gasteiger partial charge in [0.1, 0.15) is 0 Å². The lowest BCUT2D eigenvalue weighted by Crippen LogP contribution is -2.36. The van der Waals surface area contributed by atoms with Crippen LogP contribution in [0.4, 0.5) is 5.69 Å². The highest BCUT2D eigenvalue weighted by atomic mass is 15.2. The first-order valence-corrected chi connectivity index (χ1v) is 11.3. The van der Waals surface area contributed by atoms with Gasteiger partial charge in [0.25, 0.3) is 0 Å². The standard InChI is InChI=1S/C27H45N3/c1-11-23(6)26(13-12-18-28(7)8)27(30(19-21(2)3)20-22(4)5)24-14-16-25(17-15-24)29(9)10/h11-18,21-22,27H,19-20H2,1-10H3/b18-12+,23-11-,26-13+. The van der Waals surface area contributed by atoms with Crippen LogP contribution in [0, 0.1) is 11.8 Å². The summed E-state index contributed by atoms with van der Waals surface area (Å²) < 4.78 is 0. The molecule has 0 spiro atoms. The first kappa shape index (κ1) is 26.0. The number of hydrogen-bond donors (Lipinski definition) is 0. The Bertz CT molecular complexity index is 696. The molecule has 0 fully saturated rings. The Morgan fingerprint density at radius 3 is 1.83 bits per heavy atom. The molecule has 1 atom stereocenters. The Kier molecular flexibility index (Phi) is 11.0. The number of rotatable bonds is 11. The molecule has 0 saturated heterocycles. The topological polar surface area (TPSA) is 9.72 Å². The maximum Gasteiger partial charge on any atom is 0.0604 e. The highest BCUT2D eigenvalue weighted by Gasteiger charge is 2.26. The summed E-state index contributed by atoms with van der Waals surface area (Å²) in [6.45, 7) is 15.8. The van der Waals surface area contributed by atoms with Crippen LogP contribution in [0.1, 0.15) is 53.1 Å². The molecule has 3 heteroatoms. The van der Waals surface area contributed by atoms with Crippen LogP contribution in [0.3, 0.4) is 0 Å². The third-order valence-corrected chi connectivity index (χ3v) is 5.13. The number of nitrogens with zero attached hydrogens (tertiary/aromatic N) is 3. The van der Waals surface area contributed by atoms with Crippen molar-refractivity contribution < 1.29 is 0 Å². The van der Waals surface area contributed by atoms with E-state index in [4.69, 9.17) is 0 Å². The lowest BCUT2D eigenvalue weighted by atomic mass is 9.90. The number of hydrogen-bond acceptors (Lipinski definition) is 3. The van der Waals surface area contributed by atoms with Crippen molar-refractivity contribution in [2.24, 2.45) is 11.8 Å². The molecular weight excluding hydrogens is 366 g/mol. The predicted octanol–water partition coefficient (Wildman–Crippen LogP) is 6.38. The second-order valence-corrected chi connectivity index (χ2v) is 9.53. The van der Waals surface area contributed by atoms with Crippen LogP contribution in [0.25, 0.3) is 0 Å². The van der Waals surface area contributed by atoms with Gasteiger partial charge < -0.3 is 9.80 Å². The van der Waals surface area contributed by atoms with Crippen LogP contribution < -0.4 is 4.90 Å². The SMILES string of the molecule is C\C=C(C)/C(=C\C=C\N(C)C)C(c1ccc(N(C)C)cc1)N(CC(C)C)CC(C)C. The average Bonchev–Trinajstić information content (AvgIpc) is 2.65. The summed E-state index contributed by atoms with van der Waals surface area (Å²) in [4.78, 5) is 6.91. The van der Waals surface area contributed by atoms with E-state index in [1.54, 1.807) is 0 Å². The van der Waals surface area contributed by atoms with Gasteiger partial charge in [0.2, 0.25) is 0 Å². The number of allylic oxidation sites excluding steroid dienone is 3. The van der Waals surface area contributed by atoms with Gasteiger partial charge >= 0.3 is 0 Å². The molecule has 1 aromatic carbocycles. The van der Waals surface area contributed by atoms with E-state index in [1.807, 2.05) is 0 Å². The Morgan fingerprint density at radius 1 is 0.900 bits per heavy atom. The van der Waals surface area contributed by atoms with Crippen LogP contribution in [0.5, 0.6) is 0 Å². The van der Waals surface area contributed by atoms with Crippen molar-refractivity contribution in [3.05, 3.63) is 65.4 Å². The molecule has 0 aliphatic rings. The lowest BCUT2D eigenvalue weighted by molar-refractivity contribution is 0.178. The molecule has 0 N–H and O–H groups in total. The molecule has 30 heavy (non-hydrogen) atoms. The second-order valence-electron chi connectivity index (χ2n) is 9.53. The van der Waals surface area contributed by atoms with E-state index in [0.29, 0.717) is 11.8 Å². The molecule has 0 heterocycles. The van der Waals surface area contributed by atoms with Gasteiger partial charge in [0, 0.05) is 47.0 Å². The van der Waals surface area contributed by atoms with Crippen molar-refractivity contribution in [2.75, 3.05) is 46.2 Å². The zero-order chi connectivity index (χ0) is 22.8. The maximum absolute atomic E-state index is 2.67. The minimum absolute atomic E-state index is 0.231. The van der Waals surface area contributed by atoms with E-state index >= 15 is 0 Å². The second kappa shape index (κ2) is 12.6. The maximum atomic E-state index is 2.67. The third-order valence-electron chi connectivity index (χ3n) is 5.13. The smallest absolute Gasteiger partial charge is 0.0604 e. The summed E-state index contributed by atoms with van der Waals surface area (Å²) in [5, 5.41) is 0. The van der Waals surface area contributed by atoms with Gasteiger partial charge in [-0.2, -0.15) is 0 Å². The van der Waals surface area contributed by atoms with Crippen LogP contribution in [0.15, 0.2) is 59.8 Å². The van der Waals surface area contributed by atoms with Gasteiger partial charge in [0.05, 0.1) is 6.04 Å². The van der Waals surface area contributed by atoms with Gasteiger partial charge in [-0.3, -0.25) is 4.90 Å². The van der Waals surface area contributed by atoms with Crippen molar-refractivity contribution in [2.45, 2.75) is 47.6 Å². The summed E-state index contributed by atoms with van der Waals surface area (Å²) in [5.41, 5.74) is 5.29. The summed E-state index contributed by atoms with van der Waals surface area (Å²) in [5.74, 6) is 1.22. The largest absolute Gasteiger partial charge is 0.383 e. The van der Waals surface area contributed by atoms with Gasteiger partial charge in [-0.1, -0.05) is 57.6 Å². The predicted molar refractivity (Wildman–Crippen MR) is 135 cm³/mol. The molecule has 1 rings (SSSR count). The molecule has 168 valence electrons. The minimum Gasteiger partial charge on any atom is -0.383 e. The van der Waals surface area contributed by atoms with Crippen molar-refractivity contribution in [3.8, 4) is 0 Å². The third kappa shape index (κ3) is 8.39. The molecule has 0 bridgehead atoms. The molecule has 3 nitrogen and oxygen atoms in total. The Labute approximate surface area is 186 Å². The summed E-state index contributed by atoms with van der Waals surface area (Å²) in [6, 6.07) is 9.32. The number of anilines is 1. The van der Waals surface area contributed by atoms with Crippen molar-refractivity contribution in [1.29, 1.82) is 0 Å². The van der Waals surface area contributed by atoms with Crippen molar-refractivity contribution in [3.63, 3.8) is 0 Å². The monoisotopic (exact) mass is 411 g/mol. The summed E-state index contributed by atoms with van der Waals surface area (Å²) in [6.07, 6.45) is 8.82. The Morgan fingerprint density at radius 2 is 1.43 bits per heavy atom. The Balaban J connectivity index is 3.61. The van der Waals surface area contributed by atoms with E-state index in [2.05, 4.69) is 133 Å². The average molecular weight is 412 g/mol. The minimum atomic E-state index is 0.231. The van der Waals surface area contributed by atoms with E-state index in [1.165, 1.54) is 22.4 Å². The zero-order valence-corrected chi connectivity index (χ0v) is 21.1. The normalized spacial score (nSPS) is 14.3. The van der Waals surface area contributed by atoms with E-state index < -0.39 is 0 Å². The fourth-order valence-corrected chi connectivity index (χ4v) is 3.69. The summed E-state index contributed by atoms with van der Waals surface area (Å²) in [7, 11) is 8.32. The molecule has 0 aliphatic carbocycles. The van der Waals surface area contributed by atoms with Gasteiger partial charge in [-0.25, -0.2) is 0 Å². The van der Waals surface area contributed by atoms with Crippen molar-refractivity contribution in [1.82, 2.24) is 9.80 Å². The lowest BCUT2D eigenvalue weighted by Gasteiger charge is -2.37. The molecular formula is C27H45N3. The van der Waals surface area contributed by atoms with Gasteiger partial charge in [-0.15, -0.1) is 0 Å². The number of benzene rings is 1. The molecule has 0 amide bonds. The van der Waals surface area contributed by atoms with Gasteiger partial charge in [0.15, 0.2) is 0 Å². The van der Waals surface area contributed by atoms with E-state index in [0.717, 1.165) is 13.1 Å². The van der Waals surface area contributed by atoms with Crippen LogP contribution in [0.2, 0.25) is 0 Å². The molecule has 0 saturated carbocycles. The first-order valence-electron chi connectivity index (χ1n) is 11.3. The van der Waals surface area contributed by atoms with E-state index in [-0.39, 0.29) is 6.04 Å². The van der Waals surface area contributed by atoms with Crippen LogP contribution >= 0.6 is 0 Å². The molecule has 0 aliphatic heterocycles. The quantitative estimate of drug-likeness (QED) is 0.391. The van der Waals surface area contributed by atoms with Gasteiger partial charge in [-0.05, 0) is 61.2 Å². The fraction of sp³-hybridized carbons (Fsp3) is 0.556.